The normalized spacial score (nSPS) is 14.2. The van der Waals surface area contributed by atoms with Crippen molar-refractivity contribution in [3.8, 4) is 0 Å². The molecule has 0 fully saturated rings. The average molecular weight is 298 g/mol. The van der Waals surface area contributed by atoms with E-state index in [9.17, 15) is 4.39 Å². The van der Waals surface area contributed by atoms with E-state index in [1.54, 1.807) is 12.1 Å². The molecule has 2 N–H and O–H groups in total. The molecule has 1 aromatic heterocycles. The van der Waals surface area contributed by atoms with Gasteiger partial charge >= 0.3 is 0 Å². The minimum Gasteiger partial charge on any atom is -0.339 e. The minimum atomic E-state index is -0.447. The number of nitrogens with two attached hydrogens (primary N) is 1. The highest BCUT2D eigenvalue weighted by molar-refractivity contribution is 6.30. The van der Waals surface area contributed by atoms with Gasteiger partial charge in [-0.1, -0.05) is 35.8 Å². The molecule has 1 unspecified atom stereocenters. The summed E-state index contributed by atoms with van der Waals surface area (Å²) in [5.41, 5.74) is 5.84. The Balaban J connectivity index is 2.24. The van der Waals surface area contributed by atoms with Crippen molar-refractivity contribution in [3.05, 3.63) is 46.3 Å². The first-order valence-electron chi connectivity index (χ1n) is 6.46. The van der Waals surface area contributed by atoms with Gasteiger partial charge < -0.3 is 10.3 Å². The topological polar surface area (TPSA) is 64.9 Å². The van der Waals surface area contributed by atoms with Gasteiger partial charge in [0.05, 0.1) is 10.4 Å². The lowest BCUT2D eigenvalue weighted by atomic mass is 9.88. The fourth-order valence-corrected chi connectivity index (χ4v) is 2.00. The molecule has 1 heterocycles. The van der Waals surface area contributed by atoms with Gasteiger partial charge in [0, 0.05) is 13.0 Å². The third-order valence-corrected chi connectivity index (χ3v) is 3.89. The first-order valence-corrected chi connectivity index (χ1v) is 6.84. The SMILES string of the molecule is CCC(C)(CN)c1nc(Cc2cccc(Cl)c2F)no1. The van der Waals surface area contributed by atoms with Crippen LogP contribution in [0.25, 0.3) is 0 Å². The molecule has 2 rings (SSSR count). The molecule has 0 radical (unpaired) electrons. The summed E-state index contributed by atoms with van der Waals surface area (Å²) < 4.78 is 19.1. The van der Waals surface area contributed by atoms with Crippen LogP contribution in [0.4, 0.5) is 4.39 Å². The fraction of sp³-hybridized carbons (Fsp3) is 0.429. The lowest BCUT2D eigenvalue weighted by Crippen LogP contribution is -2.31. The molecule has 0 aliphatic heterocycles. The van der Waals surface area contributed by atoms with Crippen molar-refractivity contribution in [3.63, 3.8) is 0 Å². The summed E-state index contributed by atoms with van der Waals surface area (Å²) in [6.45, 7) is 4.38. The molecule has 0 amide bonds. The number of nitrogens with zero attached hydrogens (tertiary/aromatic N) is 2. The van der Waals surface area contributed by atoms with E-state index in [1.165, 1.54) is 6.07 Å². The molecule has 1 atom stereocenters. The zero-order chi connectivity index (χ0) is 14.8. The molecule has 2 aromatic rings. The summed E-state index contributed by atoms with van der Waals surface area (Å²) in [7, 11) is 0. The summed E-state index contributed by atoms with van der Waals surface area (Å²) in [6, 6.07) is 4.85. The van der Waals surface area contributed by atoms with E-state index in [4.69, 9.17) is 21.9 Å². The highest BCUT2D eigenvalue weighted by Crippen LogP contribution is 2.25. The maximum Gasteiger partial charge on any atom is 0.233 e. The Kier molecular flexibility index (Phi) is 4.40. The maximum absolute atomic E-state index is 13.8. The number of hydrogen-bond acceptors (Lipinski definition) is 4. The van der Waals surface area contributed by atoms with Crippen molar-refractivity contribution in [1.82, 2.24) is 10.1 Å². The van der Waals surface area contributed by atoms with Crippen LogP contribution in [0.5, 0.6) is 0 Å². The Morgan fingerprint density at radius 3 is 2.85 bits per heavy atom. The standard InChI is InChI=1S/C14H17ClFN3O/c1-3-14(2,8-17)13-18-11(19-20-13)7-9-5-4-6-10(15)12(9)16/h4-6H,3,7-8,17H2,1-2H3. The van der Waals surface area contributed by atoms with Crippen molar-refractivity contribution in [2.45, 2.75) is 32.1 Å². The van der Waals surface area contributed by atoms with Gasteiger partial charge in [0.25, 0.3) is 0 Å². The molecule has 6 heteroatoms. The summed E-state index contributed by atoms with van der Waals surface area (Å²) in [4.78, 5) is 4.32. The van der Waals surface area contributed by atoms with E-state index in [2.05, 4.69) is 10.1 Å². The highest BCUT2D eigenvalue weighted by atomic mass is 35.5. The molecule has 108 valence electrons. The van der Waals surface area contributed by atoms with Crippen LogP contribution in [0.15, 0.2) is 22.7 Å². The van der Waals surface area contributed by atoms with Gasteiger partial charge in [0.15, 0.2) is 5.82 Å². The molecule has 4 nitrogen and oxygen atoms in total. The second-order valence-electron chi connectivity index (χ2n) is 5.02. The molecule has 1 aromatic carbocycles. The van der Waals surface area contributed by atoms with Crippen molar-refractivity contribution < 1.29 is 8.91 Å². The van der Waals surface area contributed by atoms with Crippen LogP contribution in [-0.4, -0.2) is 16.7 Å². The van der Waals surface area contributed by atoms with E-state index in [-0.39, 0.29) is 16.9 Å². The van der Waals surface area contributed by atoms with Gasteiger partial charge in [-0.25, -0.2) is 4.39 Å². The van der Waals surface area contributed by atoms with Crippen LogP contribution < -0.4 is 5.73 Å². The van der Waals surface area contributed by atoms with Crippen molar-refractivity contribution in [1.29, 1.82) is 0 Å². The third-order valence-electron chi connectivity index (χ3n) is 3.60. The monoisotopic (exact) mass is 297 g/mol. The van der Waals surface area contributed by atoms with E-state index < -0.39 is 5.82 Å². The van der Waals surface area contributed by atoms with Gasteiger partial charge in [0.2, 0.25) is 5.89 Å². The Hall–Kier alpha value is -1.46. The quantitative estimate of drug-likeness (QED) is 0.921. The number of benzene rings is 1. The van der Waals surface area contributed by atoms with Gasteiger partial charge in [-0.2, -0.15) is 4.98 Å². The lowest BCUT2D eigenvalue weighted by molar-refractivity contribution is 0.289. The number of hydrogen-bond donors (Lipinski definition) is 1. The van der Waals surface area contributed by atoms with E-state index >= 15 is 0 Å². The van der Waals surface area contributed by atoms with E-state index in [0.29, 0.717) is 23.8 Å². The minimum absolute atomic E-state index is 0.0894. The Morgan fingerprint density at radius 2 is 2.20 bits per heavy atom. The Bertz CT molecular complexity index is 596. The molecule has 0 saturated heterocycles. The van der Waals surface area contributed by atoms with Crippen molar-refractivity contribution in [2.24, 2.45) is 5.73 Å². The number of aromatic nitrogens is 2. The number of rotatable bonds is 5. The molecule has 0 bridgehead atoms. The van der Waals surface area contributed by atoms with Crippen molar-refractivity contribution >= 4 is 11.6 Å². The molecular formula is C14H17ClFN3O. The molecule has 0 saturated carbocycles. The first-order chi connectivity index (χ1) is 9.50. The summed E-state index contributed by atoms with van der Waals surface area (Å²) in [6.07, 6.45) is 1.02. The van der Waals surface area contributed by atoms with Crippen LogP contribution in [0.3, 0.4) is 0 Å². The lowest BCUT2D eigenvalue weighted by Gasteiger charge is -2.20. The van der Waals surface area contributed by atoms with Gasteiger partial charge in [-0.15, -0.1) is 0 Å². The smallest absolute Gasteiger partial charge is 0.233 e. The van der Waals surface area contributed by atoms with Crippen LogP contribution in [0, 0.1) is 5.82 Å². The van der Waals surface area contributed by atoms with Crippen LogP contribution in [-0.2, 0) is 11.8 Å². The van der Waals surface area contributed by atoms with E-state index in [0.717, 1.165) is 6.42 Å². The Morgan fingerprint density at radius 1 is 1.45 bits per heavy atom. The summed E-state index contributed by atoms with van der Waals surface area (Å²) in [5, 5.41) is 3.98. The summed E-state index contributed by atoms with van der Waals surface area (Å²) >= 11 is 5.75. The second kappa shape index (κ2) is 5.89. The van der Waals surface area contributed by atoms with E-state index in [1.807, 2.05) is 13.8 Å². The predicted molar refractivity (Wildman–Crippen MR) is 75.2 cm³/mol. The molecule has 20 heavy (non-hydrogen) atoms. The second-order valence-corrected chi connectivity index (χ2v) is 5.43. The van der Waals surface area contributed by atoms with Crippen LogP contribution in [0.2, 0.25) is 5.02 Å². The van der Waals surface area contributed by atoms with Crippen LogP contribution in [0.1, 0.15) is 37.5 Å². The molecule has 0 aliphatic carbocycles. The molecule has 0 aliphatic rings. The molecular weight excluding hydrogens is 281 g/mol. The molecule has 0 spiro atoms. The number of halogens is 2. The zero-order valence-electron chi connectivity index (χ0n) is 11.5. The van der Waals surface area contributed by atoms with Gasteiger partial charge in [-0.3, -0.25) is 0 Å². The van der Waals surface area contributed by atoms with Crippen LogP contribution >= 0.6 is 11.6 Å². The average Bonchev–Trinajstić information content (AvgIpc) is 2.92. The fourth-order valence-electron chi connectivity index (χ4n) is 1.81. The zero-order valence-corrected chi connectivity index (χ0v) is 12.2. The predicted octanol–water partition coefficient (Wildman–Crippen LogP) is 3.08. The maximum atomic E-state index is 13.8. The largest absolute Gasteiger partial charge is 0.339 e. The van der Waals surface area contributed by atoms with Crippen molar-refractivity contribution in [2.75, 3.05) is 6.54 Å². The van der Waals surface area contributed by atoms with Gasteiger partial charge in [0.1, 0.15) is 5.82 Å². The van der Waals surface area contributed by atoms with Gasteiger partial charge in [-0.05, 0) is 25.0 Å². The highest BCUT2D eigenvalue weighted by Gasteiger charge is 2.29. The third kappa shape index (κ3) is 2.83. The first kappa shape index (κ1) is 14.9. The summed E-state index contributed by atoms with van der Waals surface area (Å²) in [5.74, 6) is 0.465. The Labute approximate surface area is 122 Å².